The van der Waals surface area contributed by atoms with Crippen LogP contribution in [0.4, 0.5) is 0 Å². The number of carbonyl (C=O) groups excluding carboxylic acids is 1. The summed E-state index contributed by atoms with van der Waals surface area (Å²) in [5.41, 5.74) is 0. The lowest BCUT2D eigenvalue weighted by molar-refractivity contribution is -0.869. The van der Waals surface area contributed by atoms with E-state index >= 15 is 0 Å². The summed E-state index contributed by atoms with van der Waals surface area (Å²) in [6.07, 6.45) is 6.91. The van der Waals surface area contributed by atoms with Gasteiger partial charge in [0, 0.05) is 6.42 Å². The molecule has 0 rings (SSSR count). The first-order chi connectivity index (χ1) is 7.45. The number of unbranched alkanes of at least 4 members (excludes halogenated alkanes) is 3. The normalized spacial score (nSPS) is 11.2. The molecule has 0 saturated carbocycles. The van der Waals surface area contributed by atoms with Crippen LogP contribution in [0.15, 0.2) is 12.7 Å². The fraction of sp³-hybridized carbons (Fsp3) is 0.769. The monoisotopic (exact) mass is 227 g/mol. The second-order valence-corrected chi connectivity index (χ2v) is 5.25. The maximum absolute atomic E-state index is 11.4. The van der Waals surface area contributed by atoms with Crippen LogP contribution in [0.3, 0.4) is 0 Å². The fourth-order valence-electron chi connectivity index (χ4n) is 1.37. The Hall–Kier alpha value is -0.830. The summed E-state index contributed by atoms with van der Waals surface area (Å²) in [6.45, 7) is 5.42. The predicted octanol–water partition coefficient (Wildman–Crippen LogP) is 1.95. The summed E-state index contributed by atoms with van der Waals surface area (Å²) in [6, 6.07) is 0. The fourth-order valence-corrected chi connectivity index (χ4v) is 1.37. The average molecular weight is 227 g/mol. The Bertz CT molecular complexity index is 206. The summed E-state index contributed by atoms with van der Waals surface area (Å²) in [5.74, 6) is 0.187. The summed E-state index contributed by atoms with van der Waals surface area (Å²) in [5, 5.41) is 2.96. The van der Waals surface area contributed by atoms with Crippen LogP contribution < -0.4 is 5.32 Å². The molecule has 0 aromatic rings. The lowest BCUT2D eigenvalue weighted by Crippen LogP contribution is -2.41. The Balaban J connectivity index is 3.35. The van der Waals surface area contributed by atoms with E-state index in [0.717, 1.165) is 43.3 Å². The number of hydrogen-bond acceptors (Lipinski definition) is 1. The quantitative estimate of drug-likeness (QED) is 0.364. The van der Waals surface area contributed by atoms with Crippen molar-refractivity contribution in [3.05, 3.63) is 12.7 Å². The number of hydrogen-bond donors (Lipinski definition) is 1. The molecule has 0 aliphatic rings. The van der Waals surface area contributed by atoms with Crippen LogP contribution in [-0.4, -0.2) is 44.6 Å². The minimum Gasteiger partial charge on any atom is -0.350 e. The molecule has 94 valence electrons. The van der Waals surface area contributed by atoms with Gasteiger partial charge in [0.1, 0.15) is 0 Å². The molecule has 0 radical (unpaired) electrons. The highest BCUT2D eigenvalue weighted by molar-refractivity contribution is 5.75. The van der Waals surface area contributed by atoms with Crippen molar-refractivity contribution in [3.8, 4) is 0 Å². The van der Waals surface area contributed by atoms with Gasteiger partial charge in [-0.2, -0.15) is 0 Å². The van der Waals surface area contributed by atoms with E-state index in [1.165, 1.54) is 0 Å². The maximum Gasteiger partial charge on any atom is 0.220 e. The Kier molecular flexibility index (Phi) is 7.90. The van der Waals surface area contributed by atoms with Crippen molar-refractivity contribution in [2.75, 3.05) is 34.2 Å². The van der Waals surface area contributed by atoms with E-state index in [0.29, 0.717) is 6.42 Å². The lowest BCUT2D eigenvalue weighted by Gasteiger charge is -2.23. The van der Waals surface area contributed by atoms with Crippen LogP contribution in [0.2, 0.25) is 0 Å². The van der Waals surface area contributed by atoms with Crippen LogP contribution in [0.25, 0.3) is 0 Å². The molecule has 0 heterocycles. The molecular formula is C13H27N2O+. The first kappa shape index (κ1) is 15.2. The molecule has 3 nitrogen and oxygen atoms in total. The highest BCUT2D eigenvalue weighted by atomic mass is 16.1. The number of likely N-dealkylation sites (N-methyl/N-ethyl adjacent to an activating group) is 1. The summed E-state index contributed by atoms with van der Waals surface area (Å²) < 4.78 is 0.889. The predicted molar refractivity (Wildman–Crippen MR) is 69.2 cm³/mol. The molecule has 0 spiro atoms. The van der Waals surface area contributed by atoms with Gasteiger partial charge in [-0.1, -0.05) is 12.5 Å². The van der Waals surface area contributed by atoms with Crippen molar-refractivity contribution in [2.45, 2.75) is 32.1 Å². The molecule has 16 heavy (non-hydrogen) atoms. The van der Waals surface area contributed by atoms with Gasteiger partial charge in [0.05, 0.1) is 34.2 Å². The first-order valence-electron chi connectivity index (χ1n) is 6.14. The summed E-state index contributed by atoms with van der Waals surface area (Å²) in [7, 11) is 6.38. The molecule has 1 N–H and O–H groups in total. The number of rotatable bonds is 9. The van der Waals surface area contributed by atoms with E-state index in [2.05, 4.69) is 33.0 Å². The molecule has 0 bridgehead atoms. The van der Waals surface area contributed by atoms with E-state index in [1.54, 1.807) is 0 Å². The van der Waals surface area contributed by atoms with Gasteiger partial charge in [0.15, 0.2) is 0 Å². The van der Waals surface area contributed by atoms with E-state index < -0.39 is 0 Å². The minimum absolute atomic E-state index is 0.187. The summed E-state index contributed by atoms with van der Waals surface area (Å²) >= 11 is 0. The topological polar surface area (TPSA) is 29.1 Å². The van der Waals surface area contributed by atoms with Gasteiger partial charge >= 0.3 is 0 Å². The standard InChI is InChI=1S/C13H26N2O/c1-5-6-7-8-9-10-13(16)14-11-12-15(2,3)4/h5H,1,6-12H2,2-4H3/p+1. The van der Waals surface area contributed by atoms with Crippen molar-refractivity contribution in [3.63, 3.8) is 0 Å². The van der Waals surface area contributed by atoms with Crippen molar-refractivity contribution < 1.29 is 9.28 Å². The summed E-state index contributed by atoms with van der Waals surface area (Å²) in [4.78, 5) is 11.4. The number of nitrogens with one attached hydrogen (secondary N) is 1. The van der Waals surface area contributed by atoms with Crippen LogP contribution in [0.5, 0.6) is 0 Å². The van der Waals surface area contributed by atoms with Crippen molar-refractivity contribution in [1.29, 1.82) is 0 Å². The minimum atomic E-state index is 0.187. The van der Waals surface area contributed by atoms with Crippen LogP contribution >= 0.6 is 0 Å². The van der Waals surface area contributed by atoms with Gasteiger partial charge in [-0.3, -0.25) is 4.79 Å². The molecule has 3 heteroatoms. The Morgan fingerprint density at radius 1 is 1.25 bits per heavy atom. The van der Waals surface area contributed by atoms with Crippen LogP contribution in [0, 0.1) is 0 Å². The number of carbonyl (C=O) groups is 1. The van der Waals surface area contributed by atoms with Crippen LogP contribution in [0.1, 0.15) is 32.1 Å². The molecule has 0 atom stereocenters. The zero-order valence-corrected chi connectivity index (χ0v) is 11.1. The van der Waals surface area contributed by atoms with Gasteiger partial charge in [0.2, 0.25) is 5.91 Å². The number of nitrogens with zero attached hydrogens (tertiary/aromatic N) is 1. The van der Waals surface area contributed by atoms with Crippen LogP contribution in [-0.2, 0) is 4.79 Å². The maximum atomic E-state index is 11.4. The SMILES string of the molecule is C=CCCCCCC(=O)NCC[N+](C)(C)C. The largest absolute Gasteiger partial charge is 0.350 e. The molecular weight excluding hydrogens is 200 g/mol. The molecule has 0 aromatic heterocycles. The molecule has 0 saturated heterocycles. The number of allylic oxidation sites excluding steroid dienone is 1. The number of amides is 1. The third kappa shape index (κ3) is 11.2. The molecule has 0 aliphatic heterocycles. The van der Waals surface area contributed by atoms with Gasteiger partial charge in [0.25, 0.3) is 0 Å². The first-order valence-corrected chi connectivity index (χ1v) is 6.14. The zero-order valence-electron chi connectivity index (χ0n) is 11.1. The average Bonchev–Trinajstić information content (AvgIpc) is 2.15. The lowest BCUT2D eigenvalue weighted by atomic mass is 10.1. The van der Waals surface area contributed by atoms with Crippen molar-refractivity contribution in [2.24, 2.45) is 0 Å². The van der Waals surface area contributed by atoms with Gasteiger partial charge in [-0.05, 0) is 19.3 Å². The van der Waals surface area contributed by atoms with Gasteiger partial charge in [-0.25, -0.2) is 0 Å². The highest BCUT2D eigenvalue weighted by Gasteiger charge is 2.07. The molecule has 0 aliphatic carbocycles. The van der Waals surface area contributed by atoms with E-state index in [-0.39, 0.29) is 5.91 Å². The van der Waals surface area contributed by atoms with E-state index in [1.807, 2.05) is 6.08 Å². The second kappa shape index (κ2) is 8.34. The zero-order chi connectivity index (χ0) is 12.4. The Morgan fingerprint density at radius 3 is 2.50 bits per heavy atom. The van der Waals surface area contributed by atoms with Gasteiger partial charge < -0.3 is 9.80 Å². The van der Waals surface area contributed by atoms with Gasteiger partial charge in [-0.15, -0.1) is 6.58 Å². The third-order valence-corrected chi connectivity index (χ3v) is 2.42. The highest BCUT2D eigenvalue weighted by Crippen LogP contribution is 2.02. The van der Waals surface area contributed by atoms with E-state index in [4.69, 9.17) is 0 Å². The second-order valence-electron chi connectivity index (χ2n) is 5.25. The molecule has 0 aromatic carbocycles. The van der Waals surface area contributed by atoms with Crippen molar-refractivity contribution >= 4 is 5.91 Å². The molecule has 0 fully saturated rings. The van der Waals surface area contributed by atoms with E-state index in [9.17, 15) is 4.79 Å². The molecule has 0 unspecified atom stereocenters. The smallest absolute Gasteiger partial charge is 0.220 e. The Morgan fingerprint density at radius 2 is 1.94 bits per heavy atom. The number of quaternary nitrogens is 1. The Labute approximate surface area is 100 Å². The molecule has 1 amide bonds. The van der Waals surface area contributed by atoms with Crippen molar-refractivity contribution in [1.82, 2.24) is 5.32 Å². The third-order valence-electron chi connectivity index (χ3n) is 2.42.